The molecule has 2 atom stereocenters. The first-order valence-electron chi connectivity index (χ1n) is 7.35. The molecule has 104 valence electrons. The quantitative estimate of drug-likeness (QED) is 0.713. The van der Waals surface area contributed by atoms with E-state index in [1.807, 2.05) is 0 Å². The summed E-state index contributed by atoms with van der Waals surface area (Å²) in [4.78, 5) is 12.0. The van der Waals surface area contributed by atoms with Crippen LogP contribution in [0.4, 0.5) is 0 Å². The molecule has 0 saturated heterocycles. The topological polar surface area (TPSA) is 75.4 Å². The molecule has 2 saturated carbocycles. The molecular weight excluding hydrogens is 228 g/mol. The molecular formula is C14H26N2O2. The fourth-order valence-electron chi connectivity index (χ4n) is 3.29. The Hall–Kier alpha value is -0.610. The Labute approximate surface area is 109 Å². The molecule has 4 heteroatoms. The van der Waals surface area contributed by atoms with Crippen molar-refractivity contribution in [3.8, 4) is 0 Å². The Bertz CT molecular complexity index is 288. The standard InChI is InChI=1S/C14H26N2O2/c15-14(8-4-1-5-9-14)10-13(18)16-11-6-2-3-7-12(11)17/h11-12,17H,1-10,15H2,(H,16,18)/t11-,12-/m1/s1. The molecule has 2 fully saturated rings. The zero-order valence-corrected chi connectivity index (χ0v) is 11.2. The van der Waals surface area contributed by atoms with E-state index in [9.17, 15) is 9.90 Å². The number of hydrogen-bond acceptors (Lipinski definition) is 3. The molecule has 18 heavy (non-hydrogen) atoms. The van der Waals surface area contributed by atoms with Crippen LogP contribution in [0.5, 0.6) is 0 Å². The van der Waals surface area contributed by atoms with Crippen molar-refractivity contribution in [1.82, 2.24) is 5.32 Å². The van der Waals surface area contributed by atoms with Crippen LogP contribution in [0.15, 0.2) is 0 Å². The fraction of sp³-hybridized carbons (Fsp3) is 0.929. The van der Waals surface area contributed by atoms with Gasteiger partial charge in [0.25, 0.3) is 0 Å². The molecule has 0 bridgehead atoms. The van der Waals surface area contributed by atoms with Gasteiger partial charge in [0.05, 0.1) is 12.1 Å². The summed E-state index contributed by atoms with van der Waals surface area (Å²) in [5.41, 5.74) is 5.97. The maximum Gasteiger partial charge on any atom is 0.222 e. The van der Waals surface area contributed by atoms with Gasteiger partial charge in [-0.1, -0.05) is 32.1 Å². The summed E-state index contributed by atoms with van der Waals surface area (Å²) in [6.07, 6.45) is 9.31. The van der Waals surface area contributed by atoms with Crippen LogP contribution >= 0.6 is 0 Å². The predicted molar refractivity (Wildman–Crippen MR) is 71.0 cm³/mol. The first kappa shape index (κ1) is 13.8. The molecule has 0 heterocycles. The average Bonchev–Trinajstić information content (AvgIpc) is 2.32. The predicted octanol–water partition coefficient (Wildman–Crippen LogP) is 1.46. The first-order valence-corrected chi connectivity index (χ1v) is 7.35. The van der Waals surface area contributed by atoms with Crippen LogP contribution < -0.4 is 11.1 Å². The summed E-state index contributed by atoms with van der Waals surface area (Å²) >= 11 is 0. The molecule has 2 aliphatic rings. The number of carbonyl (C=O) groups is 1. The highest BCUT2D eigenvalue weighted by molar-refractivity contribution is 5.77. The van der Waals surface area contributed by atoms with E-state index in [-0.39, 0.29) is 23.6 Å². The van der Waals surface area contributed by atoms with Gasteiger partial charge in [-0.05, 0) is 25.7 Å². The van der Waals surface area contributed by atoms with Crippen LogP contribution in [0.1, 0.15) is 64.2 Å². The molecule has 0 unspecified atom stereocenters. The highest BCUT2D eigenvalue weighted by Gasteiger charge is 2.32. The van der Waals surface area contributed by atoms with Gasteiger partial charge in [-0.2, -0.15) is 0 Å². The maximum absolute atomic E-state index is 12.0. The van der Waals surface area contributed by atoms with Crippen molar-refractivity contribution in [3.63, 3.8) is 0 Å². The zero-order valence-electron chi connectivity index (χ0n) is 11.2. The van der Waals surface area contributed by atoms with Gasteiger partial charge in [0, 0.05) is 12.0 Å². The van der Waals surface area contributed by atoms with Gasteiger partial charge in [0.15, 0.2) is 0 Å². The normalized spacial score (nSPS) is 31.9. The number of amides is 1. The summed E-state index contributed by atoms with van der Waals surface area (Å²) in [6, 6.07) is -0.0570. The minimum absolute atomic E-state index is 0.0188. The maximum atomic E-state index is 12.0. The molecule has 0 aromatic carbocycles. The summed E-state index contributed by atoms with van der Waals surface area (Å²) in [5, 5.41) is 12.8. The smallest absolute Gasteiger partial charge is 0.222 e. The minimum atomic E-state index is -0.372. The SMILES string of the molecule is NC1(CC(=O)N[C@@H]2CCCC[C@H]2O)CCCCC1. The van der Waals surface area contributed by atoms with Crippen molar-refractivity contribution in [2.75, 3.05) is 0 Å². The van der Waals surface area contributed by atoms with E-state index < -0.39 is 0 Å². The van der Waals surface area contributed by atoms with Crippen molar-refractivity contribution in [2.45, 2.75) is 81.9 Å². The number of hydrogen-bond donors (Lipinski definition) is 3. The molecule has 0 spiro atoms. The lowest BCUT2D eigenvalue weighted by molar-refractivity contribution is -0.124. The van der Waals surface area contributed by atoms with Gasteiger partial charge in [-0.15, -0.1) is 0 Å². The van der Waals surface area contributed by atoms with E-state index >= 15 is 0 Å². The van der Waals surface area contributed by atoms with Gasteiger partial charge in [0.1, 0.15) is 0 Å². The van der Waals surface area contributed by atoms with Crippen molar-refractivity contribution in [3.05, 3.63) is 0 Å². The molecule has 0 radical (unpaired) electrons. The number of nitrogens with one attached hydrogen (secondary N) is 1. The summed E-state index contributed by atoms with van der Waals surface area (Å²) in [7, 11) is 0. The van der Waals surface area contributed by atoms with Gasteiger partial charge >= 0.3 is 0 Å². The highest BCUT2D eigenvalue weighted by atomic mass is 16.3. The number of rotatable bonds is 3. The van der Waals surface area contributed by atoms with Gasteiger partial charge < -0.3 is 16.2 Å². The van der Waals surface area contributed by atoms with Crippen molar-refractivity contribution < 1.29 is 9.90 Å². The summed E-state index contributed by atoms with van der Waals surface area (Å²) in [6.45, 7) is 0. The van der Waals surface area contributed by atoms with Crippen molar-refractivity contribution in [2.24, 2.45) is 5.73 Å². The van der Waals surface area contributed by atoms with Gasteiger partial charge in [0.2, 0.25) is 5.91 Å². The minimum Gasteiger partial charge on any atom is -0.391 e. The molecule has 4 nitrogen and oxygen atoms in total. The third kappa shape index (κ3) is 3.69. The van der Waals surface area contributed by atoms with Crippen LogP contribution in [-0.2, 0) is 4.79 Å². The van der Waals surface area contributed by atoms with E-state index in [2.05, 4.69) is 5.32 Å². The molecule has 2 aliphatic carbocycles. The molecule has 2 rings (SSSR count). The number of nitrogens with two attached hydrogens (primary N) is 1. The lowest BCUT2D eigenvalue weighted by Gasteiger charge is -2.34. The third-order valence-electron chi connectivity index (χ3n) is 4.44. The van der Waals surface area contributed by atoms with Crippen molar-refractivity contribution in [1.29, 1.82) is 0 Å². The van der Waals surface area contributed by atoms with Crippen LogP contribution in [0.2, 0.25) is 0 Å². The molecule has 0 aromatic rings. The molecule has 1 amide bonds. The highest BCUT2D eigenvalue weighted by Crippen LogP contribution is 2.28. The zero-order chi connectivity index (χ0) is 13.0. The second-order valence-electron chi connectivity index (χ2n) is 6.13. The van der Waals surface area contributed by atoms with Gasteiger partial charge in [-0.25, -0.2) is 0 Å². The van der Waals surface area contributed by atoms with Crippen LogP contribution in [0.3, 0.4) is 0 Å². The summed E-state index contributed by atoms with van der Waals surface area (Å²) < 4.78 is 0. The Morgan fingerprint density at radius 1 is 1.17 bits per heavy atom. The van der Waals surface area contributed by atoms with Gasteiger partial charge in [-0.3, -0.25) is 4.79 Å². The lowest BCUT2D eigenvalue weighted by Crippen LogP contribution is -2.50. The third-order valence-corrected chi connectivity index (χ3v) is 4.44. The van der Waals surface area contributed by atoms with E-state index in [0.717, 1.165) is 51.4 Å². The van der Waals surface area contributed by atoms with Crippen LogP contribution in [0, 0.1) is 0 Å². The van der Waals surface area contributed by atoms with Crippen LogP contribution in [-0.4, -0.2) is 28.7 Å². The Balaban J connectivity index is 1.80. The monoisotopic (exact) mass is 254 g/mol. The largest absolute Gasteiger partial charge is 0.391 e. The number of carbonyl (C=O) groups excluding carboxylic acids is 1. The second-order valence-corrected chi connectivity index (χ2v) is 6.13. The second kappa shape index (κ2) is 6.02. The van der Waals surface area contributed by atoms with E-state index in [0.29, 0.717) is 6.42 Å². The Morgan fingerprint density at radius 3 is 2.50 bits per heavy atom. The average molecular weight is 254 g/mol. The lowest BCUT2D eigenvalue weighted by atomic mass is 9.80. The molecule has 0 aromatic heterocycles. The Morgan fingerprint density at radius 2 is 1.83 bits per heavy atom. The summed E-state index contributed by atoms with van der Waals surface area (Å²) in [5.74, 6) is 0.0188. The fourth-order valence-corrected chi connectivity index (χ4v) is 3.29. The van der Waals surface area contributed by atoms with E-state index in [1.54, 1.807) is 0 Å². The van der Waals surface area contributed by atoms with Crippen LogP contribution in [0.25, 0.3) is 0 Å². The van der Waals surface area contributed by atoms with E-state index in [1.165, 1.54) is 6.42 Å². The van der Waals surface area contributed by atoms with Crippen molar-refractivity contribution >= 4 is 5.91 Å². The number of aliphatic hydroxyl groups is 1. The molecule has 0 aliphatic heterocycles. The Kier molecular flexibility index (Phi) is 4.62. The molecule has 4 N–H and O–H groups in total. The first-order chi connectivity index (χ1) is 8.59. The number of aliphatic hydroxyl groups excluding tert-OH is 1. The van der Waals surface area contributed by atoms with E-state index in [4.69, 9.17) is 5.73 Å².